The van der Waals surface area contributed by atoms with E-state index in [0.717, 1.165) is 31.5 Å². The van der Waals surface area contributed by atoms with E-state index >= 15 is 0 Å². The van der Waals surface area contributed by atoms with E-state index in [0.29, 0.717) is 11.4 Å². The molecular weight excluding hydrogens is 288 g/mol. The van der Waals surface area contributed by atoms with Crippen molar-refractivity contribution in [1.82, 2.24) is 10.2 Å². The van der Waals surface area contributed by atoms with Gasteiger partial charge >= 0.3 is 0 Å². The van der Waals surface area contributed by atoms with Crippen molar-refractivity contribution in [2.45, 2.75) is 38.6 Å². The molecule has 1 atom stereocenters. The van der Waals surface area contributed by atoms with E-state index in [1.54, 1.807) is 6.07 Å². The van der Waals surface area contributed by atoms with Crippen LogP contribution >= 0.6 is 11.6 Å². The number of nitrogens with zero attached hydrogens (tertiary/aromatic N) is 1. The first-order valence-electron chi connectivity index (χ1n) is 7.37. The number of piperidine rings is 1. The molecule has 4 nitrogen and oxygen atoms in total. The molecule has 1 N–H and O–H groups in total. The Bertz CT molecular complexity index is 513. The molecule has 1 aliphatic rings. The highest BCUT2D eigenvalue weighted by molar-refractivity contribution is 6.31. The standard InChI is InChI=1S/C16H21ClN2O2/c1-12(20)18-15(11-13-7-3-4-8-14(13)17)16(21)19-9-5-2-6-10-19/h3-4,7-8,15H,2,5-6,9-11H2,1H3,(H,18,20)/t15-/m0/s1. The zero-order chi connectivity index (χ0) is 15.2. The van der Waals surface area contributed by atoms with Gasteiger partial charge in [-0.25, -0.2) is 0 Å². The van der Waals surface area contributed by atoms with Gasteiger partial charge < -0.3 is 10.2 Å². The van der Waals surface area contributed by atoms with Gasteiger partial charge in [-0.15, -0.1) is 0 Å². The monoisotopic (exact) mass is 308 g/mol. The van der Waals surface area contributed by atoms with Crippen LogP contribution in [-0.2, 0) is 16.0 Å². The van der Waals surface area contributed by atoms with Crippen molar-refractivity contribution in [3.8, 4) is 0 Å². The third kappa shape index (κ3) is 4.46. The summed E-state index contributed by atoms with van der Waals surface area (Å²) in [6.07, 6.45) is 3.66. The molecule has 5 heteroatoms. The highest BCUT2D eigenvalue weighted by Gasteiger charge is 2.26. The minimum atomic E-state index is -0.541. The maximum atomic E-state index is 12.6. The fraction of sp³-hybridized carbons (Fsp3) is 0.500. The Morgan fingerprint density at radius 1 is 1.24 bits per heavy atom. The van der Waals surface area contributed by atoms with E-state index < -0.39 is 6.04 Å². The highest BCUT2D eigenvalue weighted by Crippen LogP contribution is 2.18. The first kappa shape index (κ1) is 15.8. The number of likely N-dealkylation sites (tertiary alicyclic amines) is 1. The van der Waals surface area contributed by atoms with Gasteiger partial charge in [-0.05, 0) is 30.9 Å². The molecule has 0 aromatic heterocycles. The lowest BCUT2D eigenvalue weighted by atomic mass is 10.0. The van der Waals surface area contributed by atoms with Crippen LogP contribution in [0.1, 0.15) is 31.7 Å². The molecule has 0 radical (unpaired) electrons. The van der Waals surface area contributed by atoms with Crippen molar-refractivity contribution >= 4 is 23.4 Å². The summed E-state index contributed by atoms with van der Waals surface area (Å²) in [5.74, 6) is -0.206. The van der Waals surface area contributed by atoms with Crippen LogP contribution in [0.3, 0.4) is 0 Å². The van der Waals surface area contributed by atoms with Crippen molar-refractivity contribution in [1.29, 1.82) is 0 Å². The average molecular weight is 309 g/mol. The third-order valence-electron chi connectivity index (χ3n) is 3.73. The Balaban J connectivity index is 2.11. The van der Waals surface area contributed by atoms with Gasteiger partial charge in [-0.1, -0.05) is 29.8 Å². The summed E-state index contributed by atoms with van der Waals surface area (Å²) in [5.41, 5.74) is 0.878. The van der Waals surface area contributed by atoms with Gasteiger partial charge in [-0.3, -0.25) is 9.59 Å². The number of halogens is 1. The summed E-state index contributed by atoms with van der Waals surface area (Å²) >= 11 is 6.16. The van der Waals surface area contributed by atoms with E-state index in [2.05, 4.69) is 5.32 Å². The lowest BCUT2D eigenvalue weighted by Gasteiger charge is -2.30. The Morgan fingerprint density at radius 3 is 2.52 bits per heavy atom. The van der Waals surface area contributed by atoms with Crippen LogP contribution in [0.15, 0.2) is 24.3 Å². The smallest absolute Gasteiger partial charge is 0.245 e. The summed E-state index contributed by atoms with van der Waals surface area (Å²) in [4.78, 5) is 25.9. The molecule has 1 fully saturated rings. The molecule has 1 aliphatic heterocycles. The van der Waals surface area contributed by atoms with Crippen LogP contribution in [0.4, 0.5) is 0 Å². The lowest BCUT2D eigenvalue weighted by Crippen LogP contribution is -2.50. The summed E-state index contributed by atoms with van der Waals surface area (Å²) in [7, 11) is 0. The zero-order valence-electron chi connectivity index (χ0n) is 12.3. The predicted octanol–water partition coefficient (Wildman–Crippen LogP) is 2.40. The van der Waals surface area contributed by atoms with Crippen LogP contribution in [-0.4, -0.2) is 35.8 Å². The molecule has 21 heavy (non-hydrogen) atoms. The van der Waals surface area contributed by atoms with Crippen molar-refractivity contribution < 1.29 is 9.59 Å². The van der Waals surface area contributed by atoms with Gasteiger partial charge in [0.05, 0.1) is 0 Å². The van der Waals surface area contributed by atoms with Crippen molar-refractivity contribution in [2.75, 3.05) is 13.1 Å². The van der Waals surface area contributed by atoms with Gasteiger partial charge in [0.25, 0.3) is 0 Å². The topological polar surface area (TPSA) is 49.4 Å². The van der Waals surface area contributed by atoms with Crippen LogP contribution in [0.2, 0.25) is 5.02 Å². The van der Waals surface area contributed by atoms with Crippen molar-refractivity contribution in [3.63, 3.8) is 0 Å². The Kier molecular flexibility index (Phi) is 5.62. The minimum Gasteiger partial charge on any atom is -0.344 e. The number of hydrogen-bond acceptors (Lipinski definition) is 2. The van der Waals surface area contributed by atoms with E-state index in [1.807, 2.05) is 23.1 Å². The molecular formula is C16H21ClN2O2. The molecule has 1 aromatic rings. The van der Waals surface area contributed by atoms with Crippen LogP contribution in [0.25, 0.3) is 0 Å². The number of amides is 2. The summed E-state index contributed by atoms with van der Waals surface area (Å²) in [5, 5.41) is 3.39. The van der Waals surface area contributed by atoms with Crippen molar-refractivity contribution in [2.24, 2.45) is 0 Å². The number of rotatable bonds is 4. The second kappa shape index (κ2) is 7.46. The second-order valence-corrected chi connectivity index (χ2v) is 5.84. The van der Waals surface area contributed by atoms with Gasteiger partial charge in [0.1, 0.15) is 6.04 Å². The summed E-state index contributed by atoms with van der Waals surface area (Å²) < 4.78 is 0. The van der Waals surface area contributed by atoms with Crippen LogP contribution in [0, 0.1) is 0 Å². The first-order valence-corrected chi connectivity index (χ1v) is 7.75. The normalized spacial score (nSPS) is 16.4. The van der Waals surface area contributed by atoms with Crippen LogP contribution in [0.5, 0.6) is 0 Å². The molecule has 0 unspecified atom stereocenters. The van der Waals surface area contributed by atoms with Gasteiger partial charge in [-0.2, -0.15) is 0 Å². The van der Waals surface area contributed by atoms with E-state index in [9.17, 15) is 9.59 Å². The first-order chi connectivity index (χ1) is 10.1. The summed E-state index contributed by atoms with van der Waals surface area (Å²) in [6, 6.07) is 6.89. The highest BCUT2D eigenvalue weighted by atomic mass is 35.5. The third-order valence-corrected chi connectivity index (χ3v) is 4.09. The molecule has 0 aliphatic carbocycles. The molecule has 2 amide bonds. The quantitative estimate of drug-likeness (QED) is 0.928. The maximum absolute atomic E-state index is 12.6. The molecule has 114 valence electrons. The molecule has 1 heterocycles. The molecule has 2 rings (SSSR count). The summed E-state index contributed by atoms with van der Waals surface area (Å²) in [6.45, 7) is 2.98. The second-order valence-electron chi connectivity index (χ2n) is 5.43. The van der Waals surface area contributed by atoms with Crippen LogP contribution < -0.4 is 5.32 Å². The van der Waals surface area contributed by atoms with Gasteiger partial charge in [0.15, 0.2) is 0 Å². The van der Waals surface area contributed by atoms with E-state index in [-0.39, 0.29) is 11.8 Å². The number of benzene rings is 1. The molecule has 1 saturated heterocycles. The van der Waals surface area contributed by atoms with Gasteiger partial charge in [0.2, 0.25) is 11.8 Å². The molecule has 0 spiro atoms. The fourth-order valence-corrected chi connectivity index (χ4v) is 2.88. The molecule has 0 saturated carbocycles. The molecule has 1 aromatic carbocycles. The average Bonchev–Trinajstić information content (AvgIpc) is 2.48. The van der Waals surface area contributed by atoms with Gasteiger partial charge in [0, 0.05) is 31.5 Å². The number of nitrogens with one attached hydrogen (secondary N) is 1. The maximum Gasteiger partial charge on any atom is 0.245 e. The minimum absolute atomic E-state index is 0.00943. The zero-order valence-corrected chi connectivity index (χ0v) is 13.0. The largest absolute Gasteiger partial charge is 0.344 e. The Morgan fingerprint density at radius 2 is 1.90 bits per heavy atom. The fourth-order valence-electron chi connectivity index (χ4n) is 2.66. The Labute approximate surface area is 130 Å². The van der Waals surface area contributed by atoms with E-state index in [1.165, 1.54) is 13.3 Å². The van der Waals surface area contributed by atoms with Crippen molar-refractivity contribution in [3.05, 3.63) is 34.9 Å². The molecule has 0 bridgehead atoms. The predicted molar refractivity (Wildman–Crippen MR) is 83.2 cm³/mol. The lowest BCUT2D eigenvalue weighted by molar-refractivity contribution is -0.136. The number of carbonyl (C=O) groups is 2. The number of carbonyl (C=O) groups excluding carboxylic acids is 2. The number of hydrogen-bond donors (Lipinski definition) is 1. The SMILES string of the molecule is CC(=O)N[C@@H](Cc1ccccc1Cl)C(=O)N1CCCCC1. The van der Waals surface area contributed by atoms with E-state index in [4.69, 9.17) is 11.6 Å². The Hall–Kier alpha value is -1.55.